The summed E-state index contributed by atoms with van der Waals surface area (Å²) in [5.74, 6) is 0.313. The van der Waals surface area contributed by atoms with Gasteiger partial charge in [-0.3, -0.25) is 4.79 Å². The van der Waals surface area contributed by atoms with E-state index in [0.717, 1.165) is 11.1 Å². The summed E-state index contributed by atoms with van der Waals surface area (Å²) in [7, 11) is 0. The van der Waals surface area contributed by atoms with Gasteiger partial charge in [0.05, 0.1) is 11.6 Å². The maximum Gasteiger partial charge on any atom is 0.143 e. The van der Waals surface area contributed by atoms with Gasteiger partial charge < -0.3 is 0 Å². The van der Waals surface area contributed by atoms with Crippen LogP contribution in [0, 0.1) is 11.3 Å². The van der Waals surface area contributed by atoms with E-state index in [1.807, 2.05) is 38.1 Å². The van der Waals surface area contributed by atoms with Crippen molar-refractivity contribution in [3.63, 3.8) is 0 Å². The van der Waals surface area contributed by atoms with E-state index >= 15 is 0 Å². The second kappa shape index (κ2) is 6.25. The Morgan fingerprint density at radius 2 is 1.69 bits per heavy atom. The second-order valence-corrected chi connectivity index (χ2v) is 8.43. The van der Waals surface area contributed by atoms with Gasteiger partial charge in [0, 0.05) is 11.8 Å². The number of hydrogen-bond acceptors (Lipinski definition) is 2. The standard InChI is InChI=1S/C24H25NO/c1-16(12-17-6-8-18(15-25)9-7-17)19-10-11-20-21(13-19)23(2,3)14-22(26)24(20,4)5/h6-13H,14H2,1-5H3/b16-12-. The van der Waals surface area contributed by atoms with Gasteiger partial charge in [0.2, 0.25) is 0 Å². The Morgan fingerprint density at radius 1 is 1.04 bits per heavy atom. The fourth-order valence-electron chi connectivity index (χ4n) is 3.75. The van der Waals surface area contributed by atoms with Gasteiger partial charge in [0.1, 0.15) is 5.78 Å². The van der Waals surface area contributed by atoms with Crippen molar-refractivity contribution < 1.29 is 4.79 Å². The molecule has 0 radical (unpaired) electrons. The number of nitrogens with zero attached hydrogens (tertiary/aromatic N) is 1. The van der Waals surface area contributed by atoms with Crippen molar-refractivity contribution in [1.82, 2.24) is 0 Å². The number of nitriles is 1. The maximum absolute atomic E-state index is 12.6. The number of ketones is 1. The quantitative estimate of drug-likeness (QED) is 0.661. The number of allylic oxidation sites excluding steroid dienone is 1. The molecule has 3 rings (SSSR count). The molecule has 2 aromatic rings. The molecule has 1 aliphatic rings. The summed E-state index contributed by atoms with van der Waals surface area (Å²) >= 11 is 0. The molecule has 2 heteroatoms. The zero-order valence-electron chi connectivity index (χ0n) is 16.2. The average molecular weight is 343 g/mol. The first-order valence-electron chi connectivity index (χ1n) is 9.02. The fraction of sp³-hybridized carbons (Fsp3) is 0.333. The number of benzene rings is 2. The summed E-state index contributed by atoms with van der Waals surface area (Å²) < 4.78 is 0. The summed E-state index contributed by atoms with van der Waals surface area (Å²) in [5, 5.41) is 8.92. The minimum Gasteiger partial charge on any atom is -0.299 e. The van der Waals surface area contributed by atoms with Crippen LogP contribution in [0.4, 0.5) is 0 Å². The average Bonchev–Trinajstić information content (AvgIpc) is 2.60. The van der Waals surface area contributed by atoms with Crippen LogP contribution in [0.15, 0.2) is 42.5 Å². The first-order valence-corrected chi connectivity index (χ1v) is 9.02. The third-order valence-electron chi connectivity index (χ3n) is 5.60. The Balaban J connectivity index is 2.04. The van der Waals surface area contributed by atoms with E-state index in [1.54, 1.807) is 0 Å². The molecule has 26 heavy (non-hydrogen) atoms. The van der Waals surface area contributed by atoms with E-state index < -0.39 is 5.41 Å². The van der Waals surface area contributed by atoms with Crippen LogP contribution in [-0.4, -0.2) is 5.78 Å². The van der Waals surface area contributed by atoms with Gasteiger partial charge >= 0.3 is 0 Å². The van der Waals surface area contributed by atoms with Crippen LogP contribution in [0.1, 0.15) is 68.9 Å². The van der Waals surface area contributed by atoms with Crippen LogP contribution in [0.2, 0.25) is 0 Å². The highest BCUT2D eigenvalue weighted by Gasteiger charge is 2.43. The van der Waals surface area contributed by atoms with Crippen LogP contribution in [0.25, 0.3) is 11.6 Å². The first kappa shape index (κ1) is 18.1. The van der Waals surface area contributed by atoms with Gasteiger partial charge in [-0.1, -0.05) is 50.3 Å². The molecule has 0 heterocycles. The number of carbonyl (C=O) groups excluding carboxylic acids is 1. The lowest BCUT2D eigenvalue weighted by Gasteiger charge is -2.40. The monoisotopic (exact) mass is 343 g/mol. The van der Waals surface area contributed by atoms with Crippen molar-refractivity contribution in [2.24, 2.45) is 0 Å². The number of rotatable bonds is 2. The van der Waals surface area contributed by atoms with Gasteiger partial charge in [0.15, 0.2) is 0 Å². The highest BCUT2D eigenvalue weighted by atomic mass is 16.1. The third kappa shape index (κ3) is 3.10. The lowest BCUT2D eigenvalue weighted by atomic mass is 9.62. The molecule has 1 aliphatic carbocycles. The lowest BCUT2D eigenvalue weighted by Crippen LogP contribution is -2.42. The minimum atomic E-state index is -0.422. The third-order valence-corrected chi connectivity index (χ3v) is 5.60. The van der Waals surface area contributed by atoms with Crippen LogP contribution < -0.4 is 0 Å². The molecule has 0 spiro atoms. The molecule has 2 aromatic carbocycles. The van der Waals surface area contributed by atoms with E-state index in [2.05, 4.69) is 51.1 Å². The summed E-state index contributed by atoms with van der Waals surface area (Å²) in [6, 6.07) is 16.2. The summed E-state index contributed by atoms with van der Waals surface area (Å²) in [4.78, 5) is 12.6. The Bertz CT molecular complexity index is 937. The zero-order chi connectivity index (χ0) is 19.1. The van der Waals surface area contributed by atoms with Gasteiger partial charge in [-0.15, -0.1) is 0 Å². The predicted molar refractivity (Wildman–Crippen MR) is 107 cm³/mol. The molecule has 0 atom stereocenters. The largest absolute Gasteiger partial charge is 0.299 e. The van der Waals surface area contributed by atoms with Crippen molar-refractivity contribution in [1.29, 1.82) is 5.26 Å². The Morgan fingerprint density at radius 3 is 2.31 bits per heavy atom. The molecular formula is C24H25NO. The molecule has 0 bridgehead atoms. The molecule has 0 N–H and O–H groups in total. The number of hydrogen-bond donors (Lipinski definition) is 0. The molecule has 0 saturated carbocycles. The molecule has 0 saturated heterocycles. The Labute approximate surface area is 156 Å². The van der Waals surface area contributed by atoms with E-state index in [1.165, 1.54) is 16.7 Å². The van der Waals surface area contributed by atoms with Crippen LogP contribution >= 0.6 is 0 Å². The molecule has 0 aliphatic heterocycles. The first-order chi connectivity index (χ1) is 12.1. The van der Waals surface area contributed by atoms with Crippen LogP contribution in [0.3, 0.4) is 0 Å². The number of Topliss-reactive ketones (excluding diaryl/α,β-unsaturated/α-hetero) is 1. The zero-order valence-corrected chi connectivity index (χ0v) is 16.2. The van der Waals surface area contributed by atoms with Crippen LogP contribution in [0.5, 0.6) is 0 Å². The van der Waals surface area contributed by atoms with Gasteiger partial charge in [-0.05, 0) is 66.1 Å². The normalized spacial score (nSPS) is 18.2. The van der Waals surface area contributed by atoms with Crippen molar-refractivity contribution >= 4 is 17.4 Å². The van der Waals surface area contributed by atoms with Crippen LogP contribution in [-0.2, 0) is 15.6 Å². The van der Waals surface area contributed by atoms with Crippen molar-refractivity contribution in [3.8, 4) is 6.07 Å². The van der Waals surface area contributed by atoms with Crippen molar-refractivity contribution in [2.75, 3.05) is 0 Å². The molecule has 0 aromatic heterocycles. The van der Waals surface area contributed by atoms with E-state index in [0.29, 0.717) is 17.8 Å². The minimum absolute atomic E-state index is 0.146. The van der Waals surface area contributed by atoms with E-state index in [-0.39, 0.29) is 5.41 Å². The number of carbonyl (C=O) groups is 1. The SMILES string of the molecule is C/C(=C/c1ccc(C#N)cc1)c1ccc2c(c1)C(C)(C)CC(=O)C2(C)C. The van der Waals surface area contributed by atoms with Gasteiger partial charge in [-0.25, -0.2) is 0 Å². The lowest BCUT2D eigenvalue weighted by molar-refractivity contribution is -0.125. The van der Waals surface area contributed by atoms with Crippen molar-refractivity contribution in [2.45, 2.75) is 51.9 Å². The molecule has 0 unspecified atom stereocenters. The van der Waals surface area contributed by atoms with Gasteiger partial charge in [0.25, 0.3) is 0 Å². The molecule has 132 valence electrons. The predicted octanol–water partition coefficient (Wildman–Crippen LogP) is 5.65. The second-order valence-electron chi connectivity index (χ2n) is 8.43. The Kier molecular flexibility index (Phi) is 4.36. The summed E-state index contributed by atoms with van der Waals surface area (Å²) in [6.07, 6.45) is 2.71. The van der Waals surface area contributed by atoms with E-state index in [9.17, 15) is 4.79 Å². The topological polar surface area (TPSA) is 40.9 Å². The highest BCUT2D eigenvalue weighted by molar-refractivity contribution is 5.93. The molecule has 0 amide bonds. The smallest absolute Gasteiger partial charge is 0.143 e. The number of fused-ring (bicyclic) bond motifs is 1. The summed E-state index contributed by atoms with van der Waals surface area (Å²) in [6.45, 7) is 10.5. The van der Waals surface area contributed by atoms with Crippen molar-refractivity contribution in [3.05, 3.63) is 70.3 Å². The van der Waals surface area contributed by atoms with Gasteiger partial charge in [-0.2, -0.15) is 5.26 Å². The molecule has 0 fully saturated rings. The fourth-order valence-corrected chi connectivity index (χ4v) is 3.75. The Hall–Kier alpha value is -2.66. The molecular weight excluding hydrogens is 318 g/mol. The highest BCUT2D eigenvalue weighted by Crippen LogP contribution is 2.44. The molecule has 2 nitrogen and oxygen atoms in total. The van der Waals surface area contributed by atoms with E-state index in [4.69, 9.17) is 5.26 Å². The maximum atomic E-state index is 12.6. The summed E-state index contributed by atoms with van der Waals surface area (Å²) in [5.41, 5.74) is 5.94.